The second-order valence-corrected chi connectivity index (χ2v) is 5.70. The van der Waals surface area contributed by atoms with Gasteiger partial charge in [-0.25, -0.2) is 0 Å². The molecule has 4 heteroatoms. The van der Waals surface area contributed by atoms with Gasteiger partial charge in [-0.1, -0.05) is 29.3 Å². The lowest BCUT2D eigenvalue weighted by Gasteiger charge is -2.15. The van der Waals surface area contributed by atoms with Crippen LogP contribution in [0, 0.1) is 12.8 Å². The molecule has 1 aromatic rings. The van der Waals surface area contributed by atoms with Crippen LogP contribution in [-0.4, -0.2) is 24.2 Å². The van der Waals surface area contributed by atoms with Crippen molar-refractivity contribution in [3.63, 3.8) is 0 Å². The van der Waals surface area contributed by atoms with Crippen LogP contribution in [0.2, 0.25) is 0 Å². The molecule has 106 valence electrons. The summed E-state index contributed by atoms with van der Waals surface area (Å²) in [4.78, 5) is 12.0. The minimum atomic E-state index is -0.0466. The van der Waals surface area contributed by atoms with E-state index in [1.165, 1.54) is 0 Å². The standard InChI is InChI=1S/C15H22BrNO2/c1-3-4-12(7-8-18)10-17-15(19)13-5-6-14(16)11(2)9-13/h5-6,9,12,18H,3-4,7-8,10H2,1-2H3,(H,17,19). The van der Waals surface area contributed by atoms with E-state index in [0.29, 0.717) is 18.0 Å². The smallest absolute Gasteiger partial charge is 0.251 e. The van der Waals surface area contributed by atoms with Crippen molar-refractivity contribution in [1.29, 1.82) is 0 Å². The predicted octanol–water partition coefficient (Wildman–Crippen LogP) is 3.29. The second kappa shape index (κ2) is 8.33. The van der Waals surface area contributed by atoms with Gasteiger partial charge in [0, 0.05) is 23.2 Å². The van der Waals surface area contributed by atoms with Gasteiger partial charge in [0.25, 0.3) is 5.91 Å². The van der Waals surface area contributed by atoms with Gasteiger partial charge in [-0.3, -0.25) is 4.79 Å². The first kappa shape index (κ1) is 16.2. The Bertz CT molecular complexity index is 415. The van der Waals surface area contributed by atoms with E-state index in [2.05, 4.69) is 28.2 Å². The Hall–Kier alpha value is -0.870. The van der Waals surface area contributed by atoms with Crippen molar-refractivity contribution in [3.05, 3.63) is 33.8 Å². The van der Waals surface area contributed by atoms with Gasteiger partial charge in [0.1, 0.15) is 0 Å². The highest BCUT2D eigenvalue weighted by Gasteiger charge is 2.11. The van der Waals surface area contributed by atoms with Gasteiger partial charge in [-0.15, -0.1) is 0 Å². The molecule has 2 N–H and O–H groups in total. The molecule has 1 atom stereocenters. The van der Waals surface area contributed by atoms with Crippen LogP contribution < -0.4 is 5.32 Å². The summed E-state index contributed by atoms with van der Waals surface area (Å²) in [5.74, 6) is 0.310. The average Bonchev–Trinajstić information content (AvgIpc) is 2.39. The number of aliphatic hydroxyl groups excluding tert-OH is 1. The van der Waals surface area contributed by atoms with Crippen LogP contribution in [-0.2, 0) is 0 Å². The van der Waals surface area contributed by atoms with Gasteiger partial charge < -0.3 is 10.4 Å². The lowest BCUT2D eigenvalue weighted by Crippen LogP contribution is -2.29. The zero-order chi connectivity index (χ0) is 14.3. The Morgan fingerprint density at radius 2 is 2.16 bits per heavy atom. The third-order valence-electron chi connectivity index (χ3n) is 3.21. The summed E-state index contributed by atoms with van der Waals surface area (Å²) >= 11 is 3.42. The zero-order valence-corrected chi connectivity index (χ0v) is 13.2. The zero-order valence-electron chi connectivity index (χ0n) is 11.6. The molecular weight excluding hydrogens is 306 g/mol. The molecule has 0 heterocycles. The monoisotopic (exact) mass is 327 g/mol. The number of aryl methyl sites for hydroxylation is 1. The van der Waals surface area contributed by atoms with Crippen molar-refractivity contribution in [1.82, 2.24) is 5.32 Å². The molecule has 0 aliphatic heterocycles. The Morgan fingerprint density at radius 1 is 1.42 bits per heavy atom. The van der Waals surface area contributed by atoms with Crippen molar-refractivity contribution >= 4 is 21.8 Å². The summed E-state index contributed by atoms with van der Waals surface area (Å²) in [6.45, 7) is 4.89. The molecule has 0 bridgehead atoms. The molecule has 1 rings (SSSR count). The van der Waals surface area contributed by atoms with E-state index < -0.39 is 0 Å². The molecule has 0 aliphatic carbocycles. The first-order chi connectivity index (χ1) is 9.08. The van der Waals surface area contributed by atoms with E-state index in [1.807, 2.05) is 25.1 Å². The van der Waals surface area contributed by atoms with E-state index >= 15 is 0 Å². The number of hydrogen-bond acceptors (Lipinski definition) is 2. The molecule has 1 unspecified atom stereocenters. The van der Waals surface area contributed by atoms with E-state index in [-0.39, 0.29) is 12.5 Å². The molecule has 0 radical (unpaired) electrons. The van der Waals surface area contributed by atoms with Crippen molar-refractivity contribution in [2.24, 2.45) is 5.92 Å². The minimum absolute atomic E-state index is 0.0466. The number of aliphatic hydroxyl groups is 1. The molecule has 1 aromatic carbocycles. The van der Waals surface area contributed by atoms with E-state index in [4.69, 9.17) is 5.11 Å². The quantitative estimate of drug-likeness (QED) is 0.807. The summed E-state index contributed by atoms with van der Waals surface area (Å²) in [5.41, 5.74) is 1.73. The van der Waals surface area contributed by atoms with Gasteiger partial charge in [-0.05, 0) is 49.4 Å². The van der Waals surface area contributed by atoms with Crippen LogP contribution in [0.4, 0.5) is 0 Å². The van der Waals surface area contributed by atoms with Gasteiger partial charge in [0.2, 0.25) is 0 Å². The van der Waals surface area contributed by atoms with E-state index in [0.717, 1.165) is 29.3 Å². The molecule has 0 spiro atoms. The van der Waals surface area contributed by atoms with Crippen molar-refractivity contribution in [2.75, 3.05) is 13.2 Å². The lowest BCUT2D eigenvalue weighted by atomic mass is 10.00. The van der Waals surface area contributed by atoms with Crippen molar-refractivity contribution in [2.45, 2.75) is 33.1 Å². The van der Waals surface area contributed by atoms with Gasteiger partial charge >= 0.3 is 0 Å². The van der Waals surface area contributed by atoms with E-state index in [1.54, 1.807) is 0 Å². The Morgan fingerprint density at radius 3 is 2.74 bits per heavy atom. The SMILES string of the molecule is CCCC(CCO)CNC(=O)c1ccc(Br)c(C)c1. The first-order valence-electron chi connectivity index (χ1n) is 6.73. The third kappa shape index (κ3) is 5.33. The maximum Gasteiger partial charge on any atom is 0.251 e. The summed E-state index contributed by atoms with van der Waals surface area (Å²) in [5, 5.41) is 11.9. The number of carbonyl (C=O) groups excluding carboxylic acids is 1. The molecule has 0 aliphatic rings. The molecular formula is C15H22BrNO2. The van der Waals surface area contributed by atoms with Crippen LogP contribution in [0.5, 0.6) is 0 Å². The van der Waals surface area contributed by atoms with Crippen molar-refractivity contribution < 1.29 is 9.90 Å². The van der Waals surface area contributed by atoms with Crippen LogP contribution in [0.1, 0.15) is 42.1 Å². The highest BCUT2D eigenvalue weighted by atomic mass is 79.9. The third-order valence-corrected chi connectivity index (χ3v) is 4.10. The van der Waals surface area contributed by atoms with Crippen LogP contribution in [0.25, 0.3) is 0 Å². The fraction of sp³-hybridized carbons (Fsp3) is 0.533. The normalized spacial score (nSPS) is 12.2. The van der Waals surface area contributed by atoms with Gasteiger partial charge in [0.15, 0.2) is 0 Å². The molecule has 19 heavy (non-hydrogen) atoms. The fourth-order valence-corrected chi connectivity index (χ4v) is 2.31. The second-order valence-electron chi connectivity index (χ2n) is 4.84. The Kier molecular flexibility index (Phi) is 7.10. The molecule has 0 fully saturated rings. The molecule has 1 amide bonds. The maximum atomic E-state index is 12.0. The number of halogens is 1. The van der Waals surface area contributed by atoms with E-state index in [9.17, 15) is 4.79 Å². The lowest BCUT2D eigenvalue weighted by molar-refractivity contribution is 0.0943. The maximum absolute atomic E-state index is 12.0. The summed E-state index contributed by atoms with van der Waals surface area (Å²) in [6, 6.07) is 5.58. The van der Waals surface area contributed by atoms with Gasteiger partial charge in [0.05, 0.1) is 0 Å². The van der Waals surface area contributed by atoms with Crippen LogP contribution in [0.3, 0.4) is 0 Å². The topological polar surface area (TPSA) is 49.3 Å². The summed E-state index contributed by atoms with van der Waals surface area (Å²) < 4.78 is 1.01. The van der Waals surface area contributed by atoms with Crippen LogP contribution in [0.15, 0.2) is 22.7 Å². The number of benzene rings is 1. The molecule has 3 nitrogen and oxygen atoms in total. The minimum Gasteiger partial charge on any atom is -0.396 e. The molecule has 0 saturated carbocycles. The number of rotatable bonds is 7. The fourth-order valence-electron chi connectivity index (χ4n) is 2.06. The number of nitrogens with one attached hydrogen (secondary N) is 1. The molecule has 0 saturated heterocycles. The highest BCUT2D eigenvalue weighted by molar-refractivity contribution is 9.10. The first-order valence-corrected chi connectivity index (χ1v) is 7.53. The number of amides is 1. The average molecular weight is 328 g/mol. The number of carbonyl (C=O) groups is 1. The number of hydrogen-bond donors (Lipinski definition) is 2. The highest BCUT2D eigenvalue weighted by Crippen LogP contribution is 2.17. The largest absolute Gasteiger partial charge is 0.396 e. The van der Waals surface area contributed by atoms with Crippen LogP contribution >= 0.6 is 15.9 Å². The van der Waals surface area contributed by atoms with Crippen molar-refractivity contribution in [3.8, 4) is 0 Å². The Labute approximate surface area is 123 Å². The summed E-state index contributed by atoms with van der Waals surface area (Å²) in [7, 11) is 0. The van der Waals surface area contributed by atoms with Gasteiger partial charge in [-0.2, -0.15) is 0 Å². The summed E-state index contributed by atoms with van der Waals surface area (Å²) in [6.07, 6.45) is 2.84. The molecule has 0 aromatic heterocycles. The Balaban J connectivity index is 2.56. The predicted molar refractivity (Wildman–Crippen MR) is 81.3 cm³/mol.